The first-order valence-corrected chi connectivity index (χ1v) is 10.9. The van der Waals surface area contributed by atoms with E-state index in [0.29, 0.717) is 11.7 Å². The molecule has 2 fully saturated rings. The van der Waals surface area contributed by atoms with Crippen LogP contribution in [0.25, 0.3) is 32.6 Å². The standard InChI is InChI=1S/C21H20N6OS/c1-26-11-14-8-13(10-22-18(14)25-26)19-23-17(12-4-5-12)15-9-16(29-20(15)24-19)21(28)27-6-2-3-7-27/h8-12H,2-7H2,1H3. The smallest absolute Gasteiger partial charge is 0.264 e. The average molecular weight is 404 g/mol. The van der Waals surface area contributed by atoms with Gasteiger partial charge in [-0.1, -0.05) is 0 Å². The number of likely N-dealkylation sites (tertiary alicyclic amines) is 1. The van der Waals surface area contributed by atoms with Gasteiger partial charge in [-0.05, 0) is 37.8 Å². The molecule has 2 aliphatic rings. The molecule has 0 bridgehead atoms. The van der Waals surface area contributed by atoms with E-state index in [1.165, 1.54) is 11.3 Å². The van der Waals surface area contributed by atoms with Crippen LogP contribution in [0.15, 0.2) is 24.5 Å². The van der Waals surface area contributed by atoms with Gasteiger partial charge in [-0.2, -0.15) is 5.10 Å². The van der Waals surface area contributed by atoms with Crippen molar-refractivity contribution in [3.63, 3.8) is 0 Å². The third-order valence-electron chi connectivity index (χ3n) is 5.72. The van der Waals surface area contributed by atoms with Gasteiger partial charge in [-0.25, -0.2) is 15.0 Å². The molecule has 146 valence electrons. The van der Waals surface area contributed by atoms with Gasteiger partial charge in [0.05, 0.1) is 10.6 Å². The topological polar surface area (TPSA) is 76.8 Å². The fourth-order valence-corrected chi connectivity index (χ4v) is 5.08. The third-order valence-corrected chi connectivity index (χ3v) is 6.74. The zero-order valence-corrected chi connectivity index (χ0v) is 16.9. The molecule has 4 aromatic heterocycles. The number of carbonyl (C=O) groups excluding carboxylic acids is 1. The van der Waals surface area contributed by atoms with Crippen molar-refractivity contribution in [1.29, 1.82) is 0 Å². The summed E-state index contributed by atoms with van der Waals surface area (Å²) in [5, 5.41) is 6.35. The molecule has 7 nitrogen and oxygen atoms in total. The number of aryl methyl sites for hydroxylation is 1. The Morgan fingerprint density at radius 1 is 1.17 bits per heavy atom. The van der Waals surface area contributed by atoms with Crippen LogP contribution in [-0.2, 0) is 7.05 Å². The number of pyridine rings is 1. The normalized spacial score (nSPS) is 16.9. The molecule has 6 rings (SSSR count). The lowest BCUT2D eigenvalue weighted by atomic mass is 10.1. The maximum Gasteiger partial charge on any atom is 0.264 e. The van der Waals surface area contributed by atoms with Gasteiger partial charge in [-0.3, -0.25) is 9.48 Å². The molecule has 8 heteroatoms. The molecule has 0 spiro atoms. The second kappa shape index (κ2) is 6.32. The Morgan fingerprint density at radius 2 is 2.00 bits per heavy atom. The Labute approximate surface area is 171 Å². The summed E-state index contributed by atoms with van der Waals surface area (Å²) in [7, 11) is 1.89. The van der Waals surface area contributed by atoms with Crippen molar-refractivity contribution in [3.05, 3.63) is 35.1 Å². The Kier molecular flexibility index (Phi) is 3.71. The van der Waals surface area contributed by atoms with Crippen molar-refractivity contribution in [2.45, 2.75) is 31.6 Å². The molecule has 0 atom stereocenters. The highest BCUT2D eigenvalue weighted by atomic mass is 32.1. The van der Waals surface area contributed by atoms with Gasteiger partial charge in [0.15, 0.2) is 11.5 Å². The first-order chi connectivity index (χ1) is 14.2. The summed E-state index contributed by atoms with van der Waals surface area (Å²) in [6, 6.07) is 4.05. The first-order valence-electron chi connectivity index (χ1n) is 10.1. The molecule has 0 aromatic carbocycles. The number of rotatable bonds is 3. The molecule has 1 saturated heterocycles. The molecule has 1 aliphatic carbocycles. The highest BCUT2D eigenvalue weighted by Gasteiger charge is 2.30. The minimum Gasteiger partial charge on any atom is -0.338 e. The lowest BCUT2D eigenvalue weighted by Gasteiger charge is -2.13. The summed E-state index contributed by atoms with van der Waals surface area (Å²) in [5.41, 5.74) is 2.68. The predicted octanol–water partition coefficient (Wildman–Crippen LogP) is 3.75. The maximum absolute atomic E-state index is 12.9. The molecule has 1 saturated carbocycles. The number of fused-ring (bicyclic) bond motifs is 2. The molecule has 1 amide bonds. The number of nitrogens with zero attached hydrogens (tertiary/aromatic N) is 6. The van der Waals surface area contributed by atoms with Crippen molar-refractivity contribution in [3.8, 4) is 11.4 Å². The van der Waals surface area contributed by atoms with E-state index in [9.17, 15) is 4.79 Å². The van der Waals surface area contributed by atoms with Gasteiger partial charge in [0.2, 0.25) is 0 Å². The van der Waals surface area contributed by atoms with E-state index >= 15 is 0 Å². The fourth-order valence-electron chi connectivity index (χ4n) is 4.08. The number of carbonyl (C=O) groups is 1. The molecule has 0 unspecified atom stereocenters. The van der Waals surface area contributed by atoms with Crippen LogP contribution in [-0.4, -0.2) is 48.6 Å². The van der Waals surface area contributed by atoms with E-state index < -0.39 is 0 Å². The number of hydrogen-bond donors (Lipinski definition) is 0. The molecular formula is C21H20N6OS. The molecule has 0 N–H and O–H groups in total. The zero-order valence-electron chi connectivity index (χ0n) is 16.1. The van der Waals surface area contributed by atoms with Crippen LogP contribution in [0, 0.1) is 0 Å². The van der Waals surface area contributed by atoms with Crippen LogP contribution in [0.1, 0.15) is 47.0 Å². The van der Waals surface area contributed by atoms with E-state index in [1.807, 2.05) is 30.3 Å². The van der Waals surface area contributed by atoms with Gasteiger partial charge in [0.1, 0.15) is 4.83 Å². The Morgan fingerprint density at radius 3 is 2.79 bits per heavy atom. The van der Waals surface area contributed by atoms with Crippen LogP contribution >= 0.6 is 11.3 Å². The van der Waals surface area contributed by atoms with Crippen LogP contribution in [0.3, 0.4) is 0 Å². The van der Waals surface area contributed by atoms with Crippen molar-refractivity contribution in [2.75, 3.05) is 13.1 Å². The van der Waals surface area contributed by atoms with Crippen LogP contribution < -0.4 is 0 Å². The van der Waals surface area contributed by atoms with Crippen LogP contribution in [0.4, 0.5) is 0 Å². The Hall–Kier alpha value is -2.87. The molecule has 29 heavy (non-hydrogen) atoms. The summed E-state index contributed by atoms with van der Waals surface area (Å²) in [6.07, 6.45) is 8.23. The lowest BCUT2D eigenvalue weighted by Crippen LogP contribution is -2.26. The van der Waals surface area contributed by atoms with Gasteiger partial charge in [-0.15, -0.1) is 11.3 Å². The third kappa shape index (κ3) is 2.90. The monoisotopic (exact) mass is 404 g/mol. The van der Waals surface area contributed by atoms with Crippen LogP contribution in [0.5, 0.6) is 0 Å². The maximum atomic E-state index is 12.9. The summed E-state index contributed by atoms with van der Waals surface area (Å²) in [4.78, 5) is 30.7. The van der Waals surface area contributed by atoms with Gasteiger partial charge >= 0.3 is 0 Å². The van der Waals surface area contributed by atoms with Gasteiger partial charge < -0.3 is 4.90 Å². The summed E-state index contributed by atoms with van der Waals surface area (Å²) in [6.45, 7) is 1.71. The molecule has 5 heterocycles. The highest BCUT2D eigenvalue weighted by Crippen LogP contribution is 2.44. The van der Waals surface area contributed by atoms with E-state index in [0.717, 1.165) is 76.2 Å². The summed E-state index contributed by atoms with van der Waals surface area (Å²) >= 11 is 1.49. The first kappa shape index (κ1) is 17.0. The van der Waals surface area contributed by atoms with Crippen LogP contribution in [0.2, 0.25) is 0 Å². The number of amides is 1. The summed E-state index contributed by atoms with van der Waals surface area (Å²) in [5.74, 6) is 1.28. The molecule has 1 aliphatic heterocycles. The second-order valence-corrected chi connectivity index (χ2v) is 9.01. The van der Waals surface area contributed by atoms with E-state index in [1.54, 1.807) is 10.9 Å². The number of aromatic nitrogens is 5. The highest BCUT2D eigenvalue weighted by molar-refractivity contribution is 7.20. The van der Waals surface area contributed by atoms with E-state index in [4.69, 9.17) is 9.97 Å². The minimum absolute atomic E-state index is 0.132. The van der Waals surface area contributed by atoms with Crippen molar-refractivity contribution >= 4 is 38.5 Å². The summed E-state index contributed by atoms with van der Waals surface area (Å²) < 4.78 is 1.76. The fraction of sp³-hybridized carbons (Fsp3) is 0.381. The zero-order chi connectivity index (χ0) is 19.5. The van der Waals surface area contributed by atoms with Crippen molar-refractivity contribution in [2.24, 2.45) is 7.05 Å². The SMILES string of the molecule is Cn1cc2cc(-c3nc(C4CC4)c4cc(C(=O)N5CCCC5)sc4n3)cnc2n1. The van der Waals surface area contributed by atoms with Crippen molar-refractivity contribution < 1.29 is 4.79 Å². The number of thiophene rings is 1. The van der Waals surface area contributed by atoms with Gasteiger partial charge in [0.25, 0.3) is 5.91 Å². The largest absolute Gasteiger partial charge is 0.338 e. The van der Waals surface area contributed by atoms with E-state index in [2.05, 4.69) is 10.1 Å². The Balaban J connectivity index is 1.47. The molecule has 4 aromatic rings. The number of hydrogen-bond acceptors (Lipinski definition) is 6. The van der Waals surface area contributed by atoms with E-state index in [-0.39, 0.29) is 5.91 Å². The quantitative estimate of drug-likeness (QED) is 0.520. The van der Waals surface area contributed by atoms with Gasteiger partial charge in [0, 0.05) is 54.8 Å². The predicted molar refractivity (Wildman–Crippen MR) is 112 cm³/mol. The molecular weight excluding hydrogens is 384 g/mol. The minimum atomic E-state index is 0.132. The van der Waals surface area contributed by atoms with Crippen molar-refractivity contribution in [1.82, 2.24) is 29.6 Å². The molecule has 0 radical (unpaired) electrons. The Bertz CT molecular complexity index is 1270. The second-order valence-electron chi connectivity index (χ2n) is 7.98. The lowest BCUT2D eigenvalue weighted by molar-refractivity contribution is 0.0797. The average Bonchev–Trinajstić information content (AvgIpc) is 3.12.